The van der Waals surface area contributed by atoms with Crippen LogP contribution in [0.4, 0.5) is 0 Å². The van der Waals surface area contributed by atoms with Gasteiger partial charge in [-0.05, 0) is 18.8 Å². The molecule has 0 heterocycles. The molecule has 1 atom stereocenters. The Morgan fingerprint density at radius 3 is 1.74 bits per heavy atom. The highest BCUT2D eigenvalue weighted by molar-refractivity contribution is 5.92. The zero-order chi connectivity index (χ0) is 26.5. The molecule has 0 aliphatic rings. The van der Waals surface area contributed by atoms with E-state index in [2.05, 4.69) is 18.6 Å². The molecular weight excluding hydrogens is 452 g/mol. The summed E-state index contributed by atoms with van der Waals surface area (Å²) in [5, 5.41) is 19.5. The van der Waals surface area contributed by atoms with E-state index in [4.69, 9.17) is 4.74 Å². The lowest BCUT2D eigenvalue weighted by Gasteiger charge is -2.21. The first kappa shape index (κ1) is 33.0. The van der Waals surface area contributed by atoms with Crippen LogP contribution in [0.15, 0.2) is 0 Å². The number of rotatable bonds is 22. The second-order valence-corrected chi connectivity index (χ2v) is 9.93. The van der Waals surface area contributed by atoms with Gasteiger partial charge >= 0.3 is 23.9 Å². The number of aliphatic carboxylic acids is 1. The van der Waals surface area contributed by atoms with Gasteiger partial charge in [0, 0.05) is 6.42 Å². The summed E-state index contributed by atoms with van der Waals surface area (Å²) in [5.41, 5.74) is -2.67. The Kier molecular flexibility index (Phi) is 19.1. The Balaban J connectivity index is 3.98. The number of carbonyl (C=O) groups is 4. The summed E-state index contributed by atoms with van der Waals surface area (Å²) in [5.74, 6) is -3.82. The van der Waals surface area contributed by atoms with Crippen molar-refractivity contribution in [2.75, 3.05) is 6.61 Å². The first-order valence-electron chi connectivity index (χ1n) is 13.5. The van der Waals surface area contributed by atoms with E-state index in [0.29, 0.717) is 12.8 Å². The Hall–Kier alpha value is -1.96. The predicted octanol–water partition coefficient (Wildman–Crippen LogP) is 5.72. The maximum atomic E-state index is 12.0. The van der Waals surface area contributed by atoms with Gasteiger partial charge in [0.1, 0.15) is 0 Å². The van der Waals surface area contributed by atoms with Crippen LogP contribution in [0, 0.1) is 5.92 Å². The third-order valence-corrected chi connectivity index (χ3v) is 5.92. The van der Waals surface area contributed by atoms with Gasteiger partial charge in [-0.25, -0.2) is 4.79 Å². The maximum Gasteiger partial charge on any atom is 0.336 e. The van der Waals surface area contributed by atoms with Gasteiger partial charge in [-0.2, -0.15) is 0 Å². The maximum absolute atomic E-state index is 12.0. The van der Waals surface area contributed by atoms with Crippen molar-refractivity contribution >= 4 is 23.9 Å². The third kappa shape index (κ3) is 19.0. The summed E-state index contributed by atoms with van der Waals surface area (Å²) >= 11 is 0. The van der Waals surface area contributed by atoms with Crippen LogP contribution >= 0.6 is 0 Å². The highest BCUT2D eigenvalue weighted by Crippen LogP contribution is 2.19. The van der Waals surface area contributed by atoms with E-state index in [1.165, 1.54) is 44.9 Å². The lowest BCUT2D eigenvalue weighted by molar-refractivity contribution is -0.175. The van der Waals surface area contributed by atoms with E-state index in [0.717, 1.165) is 38.0 Å². The smallest absolute Gasteiger partial charge is 0.336 e. The number of carbonyl (C=O) groups excluding carboxylic acids is 3. The fourth-order valence-corrected chi connectivity index (χ4v) is 3.73. The van der Waals surface area contributed by atoms with Crippen molar-refractivity contribution in [1.82, 2.24) is 0 Å². The van der Waals surface area contributed by atoms with Crippen molar-refractivity contribution < 1.29 is 38.9 Å². The monoisotopic (exact) mass is 500 g/mol. The molecule has 2 N–H and O–H groups in total. The fourth-order valence-electron chi connectivity index (χ4n) is 3.73. The van der Waals surface area contributed by atoms with E-state index in [-0.39, 0.29) is 13.0 Å². The van der Waals surface area contributed by atoms with Gasteiger partial charge in [-0.15, -0.1) is 0 Å². The van der Waals surface area contributed by atoms with Gasteiger partial charge in [0.15, 0.2) is 5.60 Å². The molecule has 0 bridgehead atoms. The summed E-state index contributed by atoms with van der Waals surface area (Å²) in [4.78, 5) is 46.9. The molecule has 8 heteroatoms. The summed E-state index contributed by atoms with van der Waals surface area (Å²) in [6, 6.07) is 0. The normalized spacial score (nSPS) is 12.8. The molecule has 0 radical (unpaired) electrons. The van der Waals surface area contributed by atoms with Gasteiger partial charge in [0.2, 0.25) is 0 Å². The number of hydrogen-bond acceptors (Lipinski definition) is 7. The Morgan fingerprint density at radius 1 is 0.714 bits per heavy atom. The van der Waals surface area contributed by atoms with Crippen molar-refractivity contribution in [2.45, 2.75) is 136 Å². The molecule has 0 amide bonds. The van der Waals surface area contributed by atoms with Crippen LogP contribution in [-0.2, 0) is 28.7 Å². The number of ether oxygens (including phenoxy) is 2. The summed E-state index contributed by atoms with van der Waals surface area (Å²) < 4.78 is 9.59. The molecule has 8 nitrogen and oxygen atoms in total. The first-order chi connectivity index (χ1) is 16.6. The first-order valence-corrected chi connectivity index (χ1v) is 13.5. The molecule has 0 saturated carbocycles. The van der Waals surface area contributed by atoms with Crippen molar-refractivity contribution in [3.8, 4) is 0 Å². The van der Waals surface area contributed by atoms with Crippen LogP contribution in [0.3, 0.4) is 0 Å². The quantitative estimate of drug-likeness (QED) is 0.110. The average Bonchev–Trinajstić information content (AvgIpc) is 2.76. The van der Waals surface area contributed by atoms with E-state index in [9.17, 15) is 29.4 Å². The summed E-state index contributed by atoms with van der Waals surface area (Å²) in [6.07, 6.45) is 13.1. The molecule has 35 heavy (non-hydrogen) atoms. The van der Waals surface area contributed by atoms with Crippen LogP contribution in [0.5, 0.6) is 0 Å². The van der Waals surface area contributed by atoms with Crippen LogP contribution < -0.4 is 0 Å². The number of esters is 3. The van der Waals surface area contributed by atoms with E-state index in [1.54, 1.807) is 0 Å². The SMILES string of the molecule is CCCCCC(=O)OC(=O)CC(O)(CC(=O)OCCCCCCCCCCCCC(C)C)C(=O)O. The fraction of sp³-hybridized carbons (Fsp3) is 0.852. The number of carboxylic acids is 1. The molecule has 0 aromatic carbocycles. The molecule has 0 aliphatic heterocycles. The Bertz CT molecular complexity index is 616. The van der Waals surface area contributed by atoms with Crippen LogP contribution in [0.25, 0.3) is 0 Å². The van der Waals surface area contributed by atoms with E-state index >= 15 is 0 Å². The zero-order valence-corrected chi connectivity index (χ0v) is 22.1. The van der Waals surface area contributed by atoms with Crippen molar-refractivity contribution in [3.05, 3.63) is 0 Å². The number of carboxylic acid groups (broad SMARTS) is 1. The molecule has 0 rings (SSSR count). The lowest BCUT2D eigenvalue weighted by Crippen LogP contribution is -2.43. The van der Waals surface area contributed by atoms with Gasteiger partial charge < -0.3 is 19.7 Å². The molecular formula is C27H48O8. The van der Waals surface area contributed by atoms with Crippen LogP contribution in [0.2, 0.25) is 0 Å². The van der Waals surface area contributed by atoms with Crippen molar-refractivity contribution in [2.24, 2.45) is 5.92 Å². The molecule has 0 saturated heterocycles. The summed E-state index contributed by atoms with van der Waals surface area (Å²) in [6.45, 7) is 6.61. The van der Waals surface area contributed by atoms with Gasteiger partial charge in [-0.1, -0.05) is 97.8 Å². The van der Waals surface area contributed by atoms with Gasteiger partial charge in [0.05, 0.1) is 19.4 Å². The minimum Gasteiger partial charge on any atom is -0.479 e. The second-order valence-electron chi connectivity index (χ2n) is 9.93. The van der Waals surface area contributed by atoms with Crippen LogP contribution in [0.1, 0.15) is 130 Å². The standard InChI is InChI=1S/C27H48O8/c1-4-5-14-18-23(28)35-25(30)21-27(33,26(31)32)20-24(29)34-19-16-13-11-9-7-6-8-10-12-15-17-22(2)3/h22,33H,4-21H2,1-3H3,(H,31,32). The highest BCUT2D eigenvalue weighted by Gasteiger charge is 2.42. The minimum atomic E-state index is -2.67. The number of aliphatic hydroxyl groups is 1. The summed E-state index contributed by atoms with van der Waals surface area (Å²) in [7, 11) is 0. The largest absolute Gasteiger partial charge is 0.479 e. The molecule has 204 valence electrons. The molecule has 0 spiro atoms. The van der Waals surface area contributed by atoms with Crippen molar-refractivity contribution in [3.63, 3.8) is 0 Å². The minimum absolute atomic E-state index is 0.0333. The second kappa shape index (κ2) is 20.3. The topological polar surface area (TPSA) is 127 Å². The Labute approximate surface area is 211 Å². The highest BCUT2D eigenvalue weighted by atomic mass is 16.6. The lowest BCUT2D eigenvalue weighted by atomic mass is 9.96. The van der Waals surface area contributed by atoms with E-state index < -0.39 is 42.3 Å². The van der Waals surface area contributed by atoms with Gasteiger partial charge in [0.25, 0.3) is 0 Å². The molecule has 0 aromatic heterocycles. The predicted molar refractivity (Wildman–Crippen MR) is 134 cm³/mol. The van der Waals surface area contributed by atoms with Gasteiger partial charge in [-0.3, -0.25) is 14.4 Å². The third-order valence-electron chi connectivity index (χ3n) is 5.92. The molecule has 0 aliphatic carbocycles. The number of unbranched alkanes of at least 4 members (excludes halogenated alkanes) is 11. The number of hydrogen-bond donors (Lipinski definition) is 2. The van der Waals surface area contributed by atoms with E-state index in [1.807, 2.05) is 6.92 Å². The molecule has 0 aromatic rings. The van der Waals surface area contributed by atoms with Crippen LogP contribution in [-0.4, -0.2) is 46.3 Å². The zero-order valence-electron chi connectivity index (χ0n) is 22.1. The molecule has 1 unspecified atom stereocenters. The molecule has 0 fully saturated rings. The Morgan fingerprint density at radius 2 is 1.23 bits per heavy atom. The van der Waals surface area contributed by atoms with Crippen molar-refractivity contribution in [1.29, 1.82) is 0 Å². The average molecular weight is 501 g/mol.